The van der Waals surface area contributed by atoms with E-state index in [1.807, 2.05) is 30.3 Å². The number of aromatic nitrogens is 4. The van der Waals surface area contributed by atoms with Gasteiger partial charge in [0.15, 0.2) is 5.16 Å². The molecule has 0 spiro atoms. The van der Waals surface area contributed by atoms with Gasteiger partial charge in [-0.15, -0.1) is 21.5 Å². The highest BCUT2D eigenvalue weighted by atomic mass is 32.2. The minimum Gasteiger partial charge on any atom is -0.385 e. The van der Waals surface area contributed by atoms with Crippen molar-refractivity contribution in [1.29, 1.82) is 0 Å². The van der Waals surface area contributed by atoms with Crippen LogP contribution in [0, 0.1) is 0 Å². The average Bonchev–Trinajstić information content (AvgIpc) is 3.53. The van der Waals surface area contributed by atoms with E-state index >= 15 is 0 Å². The normalized spacial score (nSPS) is 11.6. The summed E-state index contributed by atoms with van der Waals surface area (Å²) in [5, 5.41) is 14.2. The lowest BCUT2D eigenvalue weighted by molar-refractivity contribution is -0.137. The second-order valence-electron chi connectivity index (χ2n) is 7.96. The molecule has 0 atom stereocenters. The molecular formula is C25H24F3N5O2S2. The predicted octanol–water partition coefficient (Wildman–Crippen LogP) is 5.39. The number of hydrogen-bond acceptors (Lipinski definition) is 7. The molecule has 37 heavy (non-hydrogen) atoms. The number of thioether (sulfide) groups is 1. The van der Waals surface area contributed by atoms with Crippen molar-refractivity contribution in [2.24, 2.45) is 0 Å². The Kier molecular flexibility index (Phi) is 8.95. The quantitative estimate of drug-likeness (QED) is 0.200. The molecule has 0 aliphatic rings. The van der Waals surface area contributed by atoms with Crippen LogP contribution in [0.15, 0.2) is 65.1 Å². The molecule has 194 valence electrons. The molecule has 2 aromatic heterocycles. The van der Waals surface area contributed by atoms with E-state index < -0.39 is 11.7 Å². The molecule has 1 N–H and O–H groups in total. The van der Waals surface area contributed by atoms with Gasteiger partial charge in [0.05, 0.1) is 17.0 Å². The van der Waals surface area contributed by atoms with Gasteiger partial charge in [-0.3, -0.25) is 9.36 Å². The number of hydrogen-bond donors (Lipinski definition) is 1. The van der Waals surface area contributed by atoms with Crippen molar-refractivity contribution in [2.75, 3.05) is 20.3 Å². The van der Waals surface area contributed by atoms with Crippen LogP contribution in [0.5, 0.6) is 0 Å². The maximum Gasteiger partial charge on any atom is 0.416 e. The second-order valence-corrected chi connectivity index (χ2v) is 9.85. The van der Waals surface area contributed by atoms with Gasteiger partial charge in [-0.25, -0.2) is 4.98 Å². The van der Waals surface area contributed by atoms with E-state index in [2.05, 4.69) is 20.5 Å². The topological polar surface area (TPSA) is 81.9 Å². The van der Waals surface area contributed by atoms with E-state index in [-0.39, 0.29) is 5.91 Å². The van der Waals surface area contributed by atoms with Crippen LogP contribution >= 0.6 is 23.1 Å². The monoisotopic (exact) mass is 547 g/mol. The fourth-order valence-corrected chi connectivity index (χ4v) is 5.25. The van der Waals surface area contributed by atoms with Crippen molar-refractivity contribution in [1.82, 2.24) is 25.1 Å². The maximum absolute atomic E-state index is 13.4. The summed E-state index contributed by atoms with van der Waals surface area (Å²) in [6.07, 6.45) is -3.38. The summed E-state index contributed by atoms with van der Waals surface area (Å²) >= 11 is 2.63. The highest BCUT2D eigenvalue weighted by Crippen LogP contribution is 2.32. The summed E-state index contributed by atoms with van der Waals surface area (Å²) in [7, 11) is 1.60. The minimum absolute atomic E-state index is 0.263. The Balaban J connectivity index is 1.55. The molecule has 1 amide bonds. The molecule has 2 heterocycles. The van der Waals surface area contributed by atoms with Crippen LogP contribution in [0.25, 0.3) is 5.69 Å². The fourth-order valence-electron chi connectivity index (χ4n) is 3.48. The first-order chi connectivity index (χ1) is 17.8. The number of amides is 1. The Morgan fingerprint density at radius 2 is 1.95 bits per heavy atom. The molecule has 0 bridgehead atoms. The summed E-state index contributed by atoms with van der Waals surface area (Å²) in [4.78, 5) is 16.7. The number of benzene rings is 2. The van der Waals surface area contributed by atoms with Crippen LogP contribution in [0.3, 0.4) is 0 Å². The summed E-state index contributed by atoms with van der Waals surface area (Å²) in [5.74, 6) is 0.633. The van der Waals surface area contributed by atoms with Gasteiger partial charge >= 0.3 is 6.18 Å². The number of alkyl halides is 3. The molecule has 0 aliphatic carbocycles. The molecule has 4 rings (SSSR count). The zero-order valence-electron chi connectivity index (χ0n) is 19.9. The average molecular weight is 548 g/mol. The second kappa shape index (κ2) is 12.3. The van der Waals surface area contributed by atoms with Gasteiger partial charge in [0.1, 0.15) is 16.5 Å². The molecule has 0 aliphatic heterocycles. The van der Waals surface area contributed by atoms with Gasteiger partial charge in [0, 0.05) is 32.1 Å². The predicted molar refractivity (Wildman–Crippen MR) is 136 cm³/mol. The van der Waals surface area contributed by atoms with Gasteiger partial charge in [0.25, 0.3) is 5.91 Å². The molecule has 0 fully saturated rings. The Morgan fingerprint density at radius 3 is 2.70 bits per heavy atom. The van der Waals surface area contributed by atoms with Gasteiger partial charge in [0.2, 0.25) is 0 Å². The largest absolute Gasteiger partial charge is 0.416 e. The van der Waals surface area contributed by atoms with E-state index in [4.69, 9.17) is 4.74 Å². The minimum atomic E-state index is -4.47. The number of nitrogens with zero attached hydrogens (tertiary/aromatic N) is 4. The third-order valence-corrected chi connectivity index (χ3v) is 7.23. The van der Waals surface area contributed by atoms with Gasteiger partial charge < -0.3 is 10.1 Å². The molecule has 7 nitrogen and oxygen atoms in total. The zero-order valence-corrected chi connectivity index (χ0v) is 21.5. The van der Waals surface area contributed by atoms with Gasteiger partial charge in [-0.2, -0.15) is 13.2 Å². The highest BCUT2D eigenvalue weighted by Gasteiger charge is 2.31. The number of halogens is 3. The lowest BCUT2D eigenvalue weighted by Crippen LogP contribution is -2.25. The first-order valence-electron chi connectivity index (χ1n) is 11.4. The fraction of sp³-hybridized carbons (Fsp3) is 0.280. The molecule has 0 saturated carbocycles. The number of methoxy groups -OCH3 is 1. The maximum atomic E-state index is 13.4. The van der Waals surface area contributed by atoms with E-state index in [9.17, 15) is 18.0 Å². The van der Waals surface area contributed by atoms with Crippen LogP contribution < -0.4 is 5.32 Å². The number of carbonyl (C=O) groups excluding carboxylic acids is 1. The SMILES string of the molecule is COCCCNC(=O)c1csc(CSc2nnc(Cc3ccccc3)n2-c2cccc(C(F)(F)F)c2)n1. The number of rotatable bonds is 11. The third kappa shape index (κ3) is 7.18. The summed E-state index contributed by atoms with van der Waals surface area (Å²) in [6, 6.07) is 14.6. The number of nitrogens with one attached hydrogen (secondary N) is 1. The van der Waals surface area contributed by atoms with E-state index in [1.165, 1.54) is 29.2 Å². The molecule has 2 aromatic carbocycles. The number of ether oxygens (including phenoxy) is 1. The van der Waals surface area contributed by atoms with Crippen molar-refractivity contribution < 1.29 is 22.7 Å². The summed E-state index contributed by atoms with van der Waals surface area (Å²) in [6.45, 7) is 1.04. The van der Waals surface area contributed by atoms with Crippen LogP contribution in [0.2, 0.25) is 0 Å². The lowest BCUT2D eigenvalue weighted by atomic mass is 10.1. The zero-order chi connectivity index (χ0) is 26.3. The Hall–Kier alpha value is -3.22. The molecular weight excluding hydrogens is 523 g/mol. The standard InChI is InChI=1S/C25H24F3N5O2S2/c1-35-12-6-11-29-23(34)20-15-36-22(30-20)16-37-24-32-31-21(13-17-7-3-2-4-8-17)33(24)19-10-5-9-18(14-19)25(26,27)28/h2-5,7-10,14-15H,6,11-13,16H2,1H3,(H,29,34). The summed E-state index contributed by atoms with van der Waals surface area (Å²) < 4.78 is 46.9. The van der Waals surface area contributed by atoms with Crippen molar-refractivity contribution in [2.45, 2.75) is 29.9 Å². The van der Waals surface area contributed by atoms with Crippen molar-refractivity contribution >= 4 is 29.0 Å². The summed E-state index contributed by atoms with van der Waals surface area (Å²) in [5.41, 5.74) is 0.854. The Morgan fingerprint density at radius 1 is 1.14 bits per heavy atom. The smallest absolute Gasteiger partial charge is 0.385 e. The highest BCUT2D eigenvalue weighted by molar-refractivity contribution is 7.98. The molecule has 0 saturated heterocycles. The van der Waals surface area contributed by atoms with Gasteiger partial charge in [-0.1, -0.05) is 48.2 Å². The third-order valence-electron chi connectivity index (χ3n) is 5.26. The number of carbonyl (C=O) groups is 1. The molecule has 0 unspecified atom stereocenters. The molecule has 0 radical (unpaired) electrons. The van der Waals surface area contributed by atoms with E-state index in [1.54, 1.807) is 23.1 Å². The van der Waals surface area contributed by atoms with Crippen LogP contribution in [0.1, 0.15) is 38.9 Å². The molecule has 12 heteroatoms. The van der Waals surface area contributed by atoms with Crippen molar-refractivity contribution in [3.05, 3.63) is 87.6 Å². The van der Waals surface area contributed by atoms with Crippen molar-refractivity contribution in [3.8, 4) is 5.69 Å². The van der Waals surface area contributed by atoms with Crippen molar-refractivity contribution in [3.63, 3.8) is 0 Å². The van der Waals surface area contributed by atoms with Crippen LogP contribution in [0.4, 0.5) is 13.2 Å². The Labute approximate surface area is 220 Å². The number of thiazole rings is 1. The van der Waals surface area contributed by atoms with Gasteiger partial charge in [-0.05, 0) is 30.2 Å². The van der Waals surface area contributed by atoms with E-state index in [0.717, 1.165) is 17.7 Å². The van der Waals surface area contributed by atoms with Crippen LogP contribution in [-0.2, 0) is 23.1 Å². The van der Waals surface area contributed by atoms with Crippen LogP contribution in [-0.4, -0.2) is 45.9 Å². The Bertz CT molecular complexity index is 1330. The lowest BCUT2D eigenvalue weighted by Gasteiger charge is -2.13. The molecule has 4 aromatic rings. The first kappa shape index (κ1) is 26.8. The first-order valence-corrected chi connectivity index (χ1v) is 13.2. The van der Waals surface area contributed by atoms with E-state index in [0.29, 0.717) is 59.1 Å².